The second kappa shape index (κ2) is 5.09. The first kappa shape index (κ1) is 11.8. The summed E-state index contributed by atoms with van der Waals surface area (Å²) in [6.07, 6.45) is 4.12. The average Bonchev–Trinajstić information content (AvgIpc) is 2.87. The van der Waals surface area contributed by atoms with Crippen LogP contribution in [0.25, 0.3) is 0 Å². The van der Waals surface area contributed by atoms with Crippen molar-refractivity contribution in [2.45, 2.75) is 13.3 Å². The van der Waals surface area contributed by atoms with E-state index in [0.717, 1.165) is 17.1 Å². The van der Waals surface area contributed by atoms with E-state index < -0.39 is 0 Å². The van der Waals surface area contributed by atoms with Crippen molar-refractivity contribution in [1.82, 2.24) is 19.9 Å². The summed E-state index contributed by atoms with van der Waals surface area (Å²) >= 11 is 1.62. The van der Waals surface area contributed by atoms with Gasteiger partial charge in [0.1, 0.15) is 0 Å². The first-order chi connectivity index (χ1) is 8.16. The number of nitrogens with one attached hydrogen (secondary N) is 1. The number of aryl methyl sites for hydroxylation is 2. The molecule has 0 atom stereocenters. The van der Waals surface area contributed by atoms with Crippen molar-refractivity contribution < 1.29 is 4.79 Å². The molecular formula is C11H14N4OS. The summed E-state index contributed by atoms with van der Waals surface area (Å²) < 4.78 is 1.70. The molecule has 0 fully saturated rings. The van der Waals surface area contributed by atoms with E-state index >= 15 is 0 Å². The minimum absolute atomic E-state index is 0.147. The van der Waals surface area contributed by atoms with E-state index in [1.807, 2.05) is 12.3 Å². The van der Waals surface area contributed by atoms with E-state index in [4.69, 9.17) is 0 Å². The summed E-state index contributed by atoms with van der Waals surface area (Å²) in [6, 6.07) is 0. The smallest absolute Gasteiger partial charge is 0.287 e. The molecule has 2 aromatic heterocycles. The lowest BCUT2D eigenvalue weighted by Crippen LogP contribution is -2.28. The summed E-state index contributed by atoms with van der Waals surface area (Å²) in [7, 11) is 1.80. The van der Waals surface area contributed by atoms with Gasteiger partial charge in [0.25, 0.3) is 5.91 Å². The Kier molecular flexibility index (Phi) is 3.53. The number of imidazole rings is 1. The van der Waals surface area contributed by atoms with Gasteiger partial charge in [-0.05, 0) is 6.92 Å². The number of carbonyl (C=O) groups is 1. The normalized spacial score (nSPS) is 10.5. The van der Waals surface area contributed by atoms with Crippen LogP contribution in [0.5, 0.6) is 0 Å². The lowest BCUT2D eigenvalue weighted by molar-refractivity contribution is 0.0940. The third kappa shape index (κ3) is 2.91. The molecule has 6 heteroatoms. The van der Waals surface area contributed by atoms with Gasteiger partial charge in [-0.1, -0.05) is 0 Å². The summed E-state index contributed by atoms with van der Waals surface area (Å²) in [5, 5.41) is 5.88. The van der Waals surface area contributed by atoms with E-state index in [1.54, 1.807) is 35.3 Å². The summed E-state index contributed by atoms with van der Waals surface area (Å²) in [4.78, 5) is 20.0. The van der Waals surface area contributed by atoms with Gasteiger partial charge in [0.05, 0.1) is 5.01 Å². The topological polar surface area (TPSA) is 59.8 Å². The molecule has 90 valence electrons. The molecule has 2 heterocycles. The maximum absolute atomic E-state index is 11.7. The molecular weight excluding hydrogens is 236 g/mol. The van der Waals surface area contributed by atoms with Crippen molar-refractivity contribution in [3.63, 3.8) is 0 Å². The van der Waals surface area contributed by atoms with Crippen molar-refractivity contribution in [3.05, 3.63) is 34.3 Å². The average molecular weight is 250 g/mol. The quantitative estimate of drug-likeness (QED) is 0.885. The van der Waals surface area contributed by atoms with E-state index in [0.29, 0.717) is 12.4 Å². The van der Waals surface area contributed by atoms with E-state index in [1.165, 1.54) is 0 Å². The molecule has 0 unspecified atom stereocenters. The van der Waals surface area contributed by atoms with Crippen LogP contribution in [0.4, 0.5) is 0 Å². The lowest BCUT2D eigenvalue weighted by atomic mass is 10.4. The fourth-order valence-electron chi connectivity index (χ4n) is 1.46. The third-order valence-corrected chi connectivity index (χ3v) is 3.34. The second-order valence-electron chi connectivity index (χ2n) is 3.75. The van der Waals surface area contributed by atoms with Crippen LogP contribution in [0.15, 0.2) is 17.8 Å². The fraction of sp³-hybridized carbons (Fsp3) is 0.364. The number of hydrogen-bond acceptors (Lipinski definition) is 4. The highest BCUT2D eigenvalue weighted by molar-refractivity contribution is 7.09. The zero-order chi connectivity index (χ0) is 12.3. The number of thiazole rings is 1. The molecule has 0 aliphatic rings. The number of amides is 1. The Morgan fingerprint density at radius 2 is 2.41 bits per heavy atom. The number of nitrogens with zero attached hydrogens (tertiary/aromatic N) is 3. The maximum Gasteiger partial charge on any atom is 0.287 e. The van der Waals surface area contributed by atoms with Crippen molar-refractivity contribution >= 4 is 17.2 Å². The first-order valence-corrected chi connectivity index (χ1v) is 6.21. The Bertz CT molecular complexity index is 517. The molecule has 1 amide bonds. The van der Waals surface area contributed by atoms with Gasteiger partial charge in [0.2, 0.25) is 0 Å². The Morgan fingerprint density at radius 3 is 3.00 bits per heavy atom. The molecule has 0 aliphatic heterocycles. The zero-order valence-electron chi connectivity index (χ0n) is 9.80. The van der Waals surface area contributed by atoms with Crippen LogP contribution < -0.4 is 5.32 Å². The largest absolute Gasteiger partial charge is 0.349 e. The molecule has 0 radical (unpaired) electrons. The highest BCUT2D eigenvalue weighted by Gasteiger charge is 2.09. The Hall–Kier alpha value is -1.69. The number of carbonyl (C=O) groups excluding carboxylic acids is 1. The zero-order valence-corrected chi connectivity index (χ0v) is 10.6. The monoisotopic (exact) mass is 250 g/mol. The highest BCUT2D eigenvalue weighted by Crippen LogP contribution is 2.08. The van der Waals surface area contributed by atoms with Gasteiger partial charge in [-0.15, -0.1) is 11.3 Å². The molecule has 2 aromatic rings. The SMILES string of the molecule is Cc1csc(CCNC(=O)c2nccn2C)n1. The van der Waals surface area contributed by atoms with Gasteiger partial charge in [-0.3, -0.25) is 4.79 Å². The number of aromatic nitrogens is 3. The fourth-order valence-corrected chi connectivity index (χ4v) is 2.24. The molecule has 0 aliphatic carbocycles. The van der Waals surface area contributed by atoms with Gasteiger partial charge in [-0.25, -0.2) is 9.97 Å². The van der Waals surface area contributed by atoms with E-state index in [-0.39, 0.29) is 5.91 Å². The summed E-state index contributed by atoms with van der Waals surface area (Å²) in [5.41, 5.74) is 1.03. The summed E-state index contributed by atoms with van der Waals surface area (Å²) in [6.45, 7) is 2.55. The lowest BCUT2D eigenvalue weighted by Gasteiger charge is -2.03. The van der Waals surface area contributed by atoms with Gasteiger partial charge < -0.3 is 9.88 Å². The van der Waals surface area contributed by atoms with Crippen LogP contribution in [-0.4, -0.2) is 27.0 Å². The van der Waals surface area contributed by atoms with Crippen LogP contribution >= 0.6 is 11.3 Å². The molecule has 17 heavy (non-hydrogen) atoms. The van der Waals surface area contributed by atoms with Crippen LogP contribution in [0.2, 0.25) is 0 Å². The molecule has 0 aromatic carbocycles. The maximum atomic E-state index is 11.7. The van der Waals surface area contributed by atoms with Gasteiger partial charge in [-0.2, -0.15) is 0 Å². The van der Waals surface area contributed by atoms with Crippen LogP contribution in [0.1, 0.15) is 21.3 Å². The molecule has 5 nitrogen and oxygen atoms in total. The van der Waals surface area contributed by atoms with Crippen molar-refractivity contribution in [1.29, 1.82) is 0 Å². The highest BCUT2D eigenvalue weighted by atomic mass is 32.1. The molecule has 1 N–H and O–H groups in total. The Balaban J connectivity index is 1.83. The van der Waals surface area contributed by atoms with Crippen molar-refractivity contribution in [2.75, 3.05) is 6.54 Å². The van der Waals surface area contributed by atoms with Crippen molar-refractivity contribution in [3.8, 4) is 0 Å². The van der Waals surface area contributed by atoms with Gasteiger partial charge >= 0.3 is 0 Å². The molecule has 0 spiro atoms. The first-order valence-electron chi connectivity index (χ1n) is 5.33. The standard InChI is InChI=1S/C11H14N4OS/c1-8-7-17-9(14-8)3-4-13-11(16)10-12-5-6-15(10)2/h5-7H,3-4H2,1-2H3,(H,13,16). The van der Waals surface area contributed by atoms with Gasteiger partial charge in [0, 0.05) is 43.5 Å². The van der Waals surface area contributed by atoms with Crippen LogP contribution in [0.3, 0.4) is 0 Å². The van der Waals surface area contributed by atoms with Gasteiger partial charge in [0.15, 0.2) is 5.82 Å². The molecule has 0 bridgehead atoms. The van der Waals surface area contributed by atoms with E-state index in [9.17, 15) is 4.79 Å². The minimum Gasteiger partial charge on any atom is -0.349 e. The van der Waals surface area contributed by atoms with Crippen LogP contribution in [0, 0.1) is 6.92 Å². The second-order valence-corrected chi connectivity index (χ2v) is 4.69. The van der Waals surface area contributed by atoms with E-state index in [2.05, 4.69) is 15.3 Å². The summed E-state index contributed by atoms with van der Waals surface area (Å²) in [5.74, 6) is 0.283. The third-order valence-electron chi connectivity index (χ3n) is 2.32. The molecule has 0 saturated carbocycles. The Morgan fingerprint density at radius 1 is 1.59 bits per heavy atom. The molecule has 0 saturated heterocycles. The Labute approximate surface area is 104 Å². The predicted octanol–water partition coefficient (Wildman–Crippen LogP) is 1.16. The number of rotatable bonds is 4. The van der Waals surface area contributed by atoms with Crippen molar-refractivity contribution in [2.24, 2.45) is 7.05 Å². The predicted molar refractivity (Wildman–Crippen MR) is 66.1 cm³/mol. The molecule has 2 rings (SSSR count). The minimum atomic E-state index is -0.147. The number of hydrogen-bond donors (Lipinski definition) is 1. The van der Waals surface area contributed by atoms with Crippen LogP contribution in [-0.2, 0) is 13.5 Å².